The molecule has 1 aromatic carbocycles. The summed E-state index contributed by atoms with van der Waals surface area (Å²) in [5.41, 5.74) is 3.77. The number of hydrogen-bond donors (Lipinski definition) is 1. The second-order valence-electron chi connectivity index (χ2n) is 4.94. The normalized spacial score (nSPS) is 12.4. The molecule has 0 aliphatic rings. The Balaban J connectivity index is 2.21. The first-order chi connectivity index (χ1) is 9.13. The van der Waals surface area contributed by atoms with Crippen LogP contribution in [0.25, 0.3) is 0 Å². The maximum absolute atomic E-state index is 5.42. The van der Waals surface area contributed by atoms with Crippen LogP contribution in [0.2, 0.25) is 0 Å². The number of aryl methyl sites for hydroxylation is 1. The number of nitrogens with zero attached hydrogens (tertiary/aromatic N) is 1. The second-order valence-corrected chi connectivity index (χ2v) is 4.94. The van der Waals surface area contributed by atoms with Gasteiger partial charge in [0, 0.05) is 24.0 Å². The molecule has 0 saturated heterocycles. The molecule has 3 heteroatoms. The summed E-state index contributed by atoms with van der Waals surface area (Å²) in [5, 5.41) is 3.25. The van der Waals surface area contributed by atoms with Gasteiger partial charge in [0.25, 0.3) is 0 Å². The topological polar surface area (TPSA) is 26.2 Å². The van der Waals surface area contributed by atoms with E-state index in [-0.39, 0.29) is 0 Å². The average Bonchev–Trinajstić information content (AvgIpc) is 2.86. The van der Waals surface area contributed by atoms with Gasteiger partial charge in [-0.2, -0.15) is 0 Å². The first-order valence-electron chi connectivity index (χ1n) is 6.60. The summed E-state index contributed by atoms with van der Waals surface area (Å²) in [7, 11) is 3.70. The van der Waals surface area contributed by atoms with Gasteiger partial charge in [0.05, 0.1) is 13.7 Å². The zero-order valence-corrected chi connectivity index (χ0v) is 12.1. The average molecular weight is 258 g/mol. The first-order valence-corrected chi connectivity index (χ1v) is 6.60. The van der Waals surface area contributed by atoms with Gasteiger partial charge in [-0.05, 0) is 38.6 Å². The molecule has 0 aliphatic carbocycles. The molecule has 0 amide bonds. The Bertz CT molecular complexity index is 545. The van der Waals surface area contributed by atoms with Crippen LogP contribution in [0, 0.1) is 6.92 Å². The van der Waals surface area contributed by atoms with E-state index in [1.807, 2.05) is 13.1 Å². The molecule has 1 N–H and O–H groups in total. The van der Waals surface area contributed by atoms with Crippen molar-refractivity contribution < 1.29 is 4.74 Å². The molecule has 19 heavy (non-hydrogen) atoms. The van der Waals surface area contributed by atoms with Gasteiger partial charge in [-0.25, -0.2) is 0 Å². The van der Waals surface area contributed by atoms with Crippen molar-refractivity contribution in [2.75, 3.05) is 14.2 Å². The quantitative estimate of drug-likeness (QED) is 0.891. The number of aromatic nitrogens is 1. The fraction of sp³-hybridized carbons (Fsp3) is 0.375. The molecule has 1 aromatic heterocycles. The van der Waals surface area contributed by atoms with E-state index in [1.54, 1.807) is 7.11 Å². The molecule has 0 radical (unpaired) electrons. The van der Waals surface area contributed by atoms with Gasteiger partial charge in [0.2, 0.25) is 0 Å². The predicted molar refractivity (Wildman–Crippen MR) is 78.7 cm³/mol. The number of hydrogen-bond acceptors (Lipinski definition) is 2. The van der Waals surface area contributed by atoms with Crippen LogP contribution in [-0.4, -0.2) is 18.7 Å². The molecule has 1 heterocycles. The SMILES string of the molecule is CNC(C)c1ccn(Cc2cc(C)ccc2OC)c1. The number of rotatable bonds is 5. The maximum atomic E-state index is 5.42. The van der Waals surface area contributed by atoms with Crippen molar-refractivity contribution in [1.82, 2.24) is 9.88 Å². The maximum Gasteiger partial charge on any atom is 0.123 e. The molecule has 0 saturated carbocycles. The molecule has 1 unspecified atom stereocenters. The van der Waals surface area contributed by atoms with Crippen molar-refractivity contribution in [3.05, 3.63) is 53.3 Å². The monoisotopic (exact) mass is 258 g/mol. The predicted octanol–water partition coefficient (Wildman–Crippen LogP) is 3.13. The van der Waals surface area contributed by atoms with E-state index in [4.69, 9.17) is 4.74 Å². The Hall–Kier alpha value is -1.74. The van der Waals surface area contributed by atoms with Crippen molar-refractivity contribution in [2.24, 2.45) is 0 Å². The fourth-order valence-corrected chi connectivity index (χ4v) is 2.21. The van der Waals surface area contributed by atoms with Gasteiger partial charge in [-0.1, -0.05) is 17.7 Å². The highest BCUT2D eigenvalue weighted by Gasteiger charge is 2.07. The van der Waals surface area contributed by atoms with Crippen LogP contribution in [0.4, 0.5) is 0 Å². The number of benzene rings is 1. The van der Waals surface area contributed by atoms with Gasteiger partial charge in [-0.15, -0.1) is 0 Å². The van der Waals surface area contributed by atoms with Crippen LogP contribution in [0.1, 0.15) is 29.7 Å². The first kappa shape index (κ1) is 13.7. The third-order valence-electron chi connectivity index (χ3n) is 3.50. The van der Waals surface area contributed by atoms with E-state index < -0.39 is 0 Å². The van der Waals surface area contributed by atoms with Gasteiger partial charge in [0.1, 0.15) is 5.75 Å². The minimum atomic E-state index is 0.376. The molecular weight excluding hydrogens is 236 g/mol. The minimum Gasteiger partial charge on any atom is -0.496 e. The summed E-state index contributed by atoms with van der Waals surface area (Å²) in [6.07, 6.45) is 4.30. The fourth-order valence-electron chi connectivity index (χ4n) is 2.21. The van der Waals surface area contributed by atoms with E-state index in [0.717, 1.165) is 12.3 Å². The Labute approximate surface area is 115 Å². The number of nitrogens with one attached hydrogen (secondary N) is 1. The van der Waals surface area contributed by atoms with E-state index >= 15 is 0 Å². The largest absolute Gasteiger partial charge is 0.496 e. The molecule has 102 valence electrons. The summed E-state index contributed by atoms with van der Waals surface area (Å²) in [6, 6.07) is 8.82. The number of methoxy groups -OCH3 is 1. The van der Waals surface area contributed by atoms with Gasteiger partial charge in [0.15, 0.2) is 0 Å². The van der Waals surface area contributed by atoms with E-state index in [0.29, 0.717) is 6.04 Å². The highest BCUT2D eigenvalue weighted by molar-refractivity contribution is 5.37. The molecule has 2 rings (SSSR count). The van der Waals surface area contributed by atoms with Crippen molar-refractivity contribution in [3.8, 4) is 5.75 Å². The lowest BCUT2D eigenvalue weighted by Crippen LogP contribution is -2.11. The lowest BCUT2D eigenvalue weighted by Gasteiger charge is -2.11. The molecule has 0 spiro atoms. The summed E-state index contributed by atoms with van der Waals surface area (Å²) in [5.74, 6) is 0.947. The lowest BCUT2D eigenvalue weighted by atomic mass is 10.1. The lowest BCUT2D eigenvalue weighted by molar-refractivity contribution is 0.408. The Morgan fingerprint density at radius 3 is 2.79 bits per heavy atom. The van der Waals surface area contributed by atoms with Crippen LogP contribution in [-0.2, 0) is 6.54 Å². The molecule has 0 fully saturated rings. The van der Waals surface area contributed by atoms with E-state index in [2.05, 4.69) is 54.3 Å². The van der Waals surface area contributed by atoms with Crippen LogP contribution in [0.5, 0.6) is 5.75 Å². The molecule has 1 atom stereocenters. The second kappa shape index (κ2) is 5.93. The molecule has 0 bridgehead atoms. The smallest absolute Gasteiger partial charge is 0.123 e. The summed E-state index contributed by atoms with van der Waals surface area (Å²) in [6.45, 7) is 5.10. The zero-order valence-electron chi connectivity index (χ0n) is 12.1. The minimum absolute atomic E-state index is 0.376. The van der Waals surface area contributed by atoms with E-state index in [9.17, 15) is 0 Å². The third-order valence-corrected chi connectivity index (χ3v) is 3.50. The van der Waals surface area contributed by atoms with Crippen molar-refractivity contribution >= 4 is 0 Å². The van der Waals surface area contributed by atoms with Crippen LogP contribution in [0.3, 0.4) is 0 Å². The van der Waals surface area contributed by atoms with Crippen molar-refractivity contribution in [1.29, 1.82) is 0 Å². The van der Waals surface area contributed by atoms with Crippen molar-refractivity contribution in [3.63, 3.8) is 0 Å². The van der Waals surface area contributed by atoms with Crippen LogP contribution >= 0.6 is 0 Å². The Morgan fingerprint density at radius 2 is 2.11 bits per heavy atom. The van der Waals surface area contributed by atoms with Crippen LogP contribution in [0.15, 0.2) is 36.7 Å². The molecule has 0 aliphatic heterocycles. The van der Waals surface area contributed by atoms with Gasteiger partial charge >= 0.3 is 0 Å². The third kappa shape index (κ3) is 3.18. The summed E-state index contributed by atoms with van der Waals surface area (Å²) in [4.78, 5) is 0. The van der Waals surface area contributed by atoms with Gasteiger partial charge < -0.3 is 14.6 Å². The molecule has 3 nitrogen and oxygen atoms in total. The zero-order chi connectivity index (χ0) is 13.8. The summed E-state index contributed by atoms with van der Waals surface area (Å²) < 4.78 is 7.62. The van der Waals surface area contributed by atoms with E-state index in [1.165, 1.54) is 16.7 Å². The highest BCUT2D eigenvalue weighted by Crippen LogP contribution is 2.21. The summed E-state index contributed by atoms with van der Waals surface area (Å²) >= 11 is 0. The standard InChI is InChI=1S/C16H22N2O/c1-12-5-6-16(19-4)15(9-12)11-18-8-7-14(10-18)13(2)17-3/h5-10,13,17H,11H2,1-4H3. The number of ether oxygens (including phenoxy) is 1. The Kier molecular flexibility index (Phi) is 4.27. The molecule has 2 aromatic rings. The Morgan fingerprint density at radius 1 is 1.32 bits per heavy atom. The van der Waals surface area contributed by atoms with Crippen molar-refractivity contribution in [2.45, 2.75) is 26.4 Å². The highest BCUT2D eigenvalue weighted by atomic mass is 16.5. The van der Waals surface area contributed by atoms with Crippen LogP contribution < -0.4 is 10.1 Å². The van der Waals surface area contributed by atoms with Gasteiger partial charge in [-0.3, -0.25) is 0 Å². The molecular formula is C16H22N2O.